The van der Waals surface area contributed by atoms with E-state index in [9.17, 15) is 0 Å². The summed E-state index contributed by atoms with van der Waals surface area (Å²) in [5.41, 5.74) is 8.02. The van der Waals surface area contributed by atoms with E-state index in [0.29, 0.717) is 6.54 Å². The Hall–Kier alpha value is 0.816. The topological polar surface area (TPSA) is 23.8 Å². The molecule has 1 N–H and O–H groups in total. The van der Waals surface area contributed by atoms with Crippen molar-refractivity contribution in [3.8, 4) is 0 Å². The van der Waals surface area contributed by atoms with Crippen LogP contribution in [0.15, 0.2) is 30.3 Å². The van der Waals surface area contributed by atoms with Gasteiger partial charge in [-0.15, -0.1) is 6.54 Å². The summed E-state index contributed by atoms with van der Waals surface area (Å²) < 4.78 is 0. The largest absolute Gasteiger partial charge is 1.00 e. The molecule has 1 rings (SSSR count). The van der Waals surface area contributed by atoms with Crippen molar-refractivity contribution in [2.45, 2.75) is 6.54 Å². The van der Waals surface area contributed by atoms with Crippen molar-refractivity contribution in [2.24, 2.45) is 0 Å². The summed E-state index contributed by atoms with van der Waals surface area (Å²) in [6.07, 6.45) is 0. The molecule has 0 saturated heterocycles. The zero-order chi connectivity index (χ0) is 5.82. The van der Waals surface area contributed by atoms with E-state index in [1.54, 1.807) is 0 Å². The van der Waals surface area contributed by atoms with Gasteiger partial charge in [0.2, 0.25) is 0 Å². The van der Waals surface area contributed by atoms with Crippen LogP contribution in [0.1, 0.15) is 5.56 Å². The quantitative estimate of drug-likeness (QED) is 0.464. The van der Waals surface area contributed by atoms with E-state index >= 15 is 0 Å². The Morgan fingerprint density at radius 1 is 1.11 bits per heavy atom. The van der Waals surface area contributed by atoms with Crippen molar-refractivity contribution in [3.05, 3.63) is 41.6 Å². The maximum atomic E-state index is 6.94. The number of benzene rings is 1. The van der Waals surface area contributed by atoms with E-state index in [1.165, 1.54) is 0 Å². The molecular formula is C7H8KN. The smallest absolute Gasteiger partial charge is 0.674 e. The normalized spacial score (nSPS) is 8.11. The number of hydrogen-bond acceptors (Lipinski definition) is 0. The van der Waals surface area contributed by atoms with Gasteiger partial charge in [-0.25, -0.2) is 0 Å². The van der Waals surface area contributed by atoms with Crippen LogP contribution in [0.25, 0.3) is 5.73 Å². The summed E-state index contributed by atoms with van der Waals surface area (Å²) in [5, 5.41) is 0. The van der Waals surface area contributed by atoms with E-state index < -0.39 is 0 Å². The molecule has 0 aliphatic rings. The van der Waals surface area contributed by atoms with Crippen LogP contribution in [0.2, 0.25) is 0 Å². The van der Waals surface area contributed by atoms with Crippen molar-refractivity contribution in [2.75, 3.05) is 0 Å². The molecule has 0 bridgehead atoms. The van der Waals surface area contributed by atoms with Gasteiger partial charge < -0.3 is 5.73 Å². The second kappa shape index (κ2) is 5.59. The van der Waals surface area contributed by atoms with Gasteiger partial charge in [0.15, 0.2) is 0 Å². The number of rotatable bonds is 1. The first-order valence-corrected chi connectivity index (χ1v) is 2.62. The van der Waals surface area contributed by atoms with E-state index in [0.717, 1.165) is 5.56 Å². The summed E-state index contributed by atoms with van der Waals surface area (Å²) in [4.78, 5) is 0. The molecule has 9 heavy (non-hydrogen) atoms. The fourth-order valence-electron chi connectivity index (χ4n) is 0.596. The van der Waals surface area contributed by atoms with Gasteiger partial charge in [0.1, 0.15) is 0 Å². The minimum atomic E-state index is 0. The molecular weight excluding hydrogens is 137 g/mol. The maximum Gasteiger partial charge on any atom is 1.00 e. The standard InChI is InChI=1S/C7H8N.K/c8-6-7-4-2-1-3-5-7;/h1-5,8H,6H2;/q-1;+1. The zero-order valence-electron chi connectivity index (χ0n) is 5.59. The number of hydrogen-bond donors (Lipinski definition) is 0. The minimum absolute atomic E-state index is 0. The maximum absolute atomic E-state index is 6.94. The Morgan fingerprint density at radius 2 is 1.67 bits per heavy atom. The minimum Gasteiger partial charge on any atom is -0.674 e. The zero-order valence-corrected chi connectivity index (χ0v) is 8.72. The Morgan fingerprint density at radius 3 is 2.00 bits per heavy atom. The first kappa shape index (κ1) is 9.82. The van der Waals surface area contributed by atoms with E-state index in [-0.39, 0.29) is 51.4 Å². The molecule has 0 aromatic heterocycles. The van der Waals surface area contributed by atoms with Gasteiger partial charge in [0, 0.05) is 0 Å². The Balaban J connectivity index is 0.000000640. The molecule has 1 nitrogen and oxygen atoms in total. The van der Waals surface area contributed by atoms with E-state index in [1.807, 2.05) is 30.3 Å². The van der Waals surface area contributed by atoms with Crippen LogP contribution in [0.3, 0.4) is 0 Å². The molecule has 0 aliphatic heterocycles. The Labute approximate surface area is 98.1 Å². The molecule has 0 saturated carbocycles. The van der Waals surface area contributed by atoms with Crippen molar-refractivity contribution < 1.29 is 51.4 Å². The fourth-order valence-corrected chi connectivity index (χ4v) is 0.596. The fraction of sp³-hybridized carbons (Fsp3) is 0.143. The average Bonchev–Trinajstić information content (AvgIpc) is 1.90. The molecule has 1 aromatic carbocycles. The van der Waals surface area contributed by atoms with Crippen LogP contribution in [0, 0.1) is 0 Å². The third-order valence-corrected chi connectivity index (χ3v) is 1.05. The van der Waals surface area contributed by atoms with Crippen LogP contribution in [0.5, 0.6) is 0 Å². The molecule has 0 spiro atoms. The van der Waals surface area contributed by atoms with Gasteiger partial charge in [-0.3, -0.25) is 0 Å². The third-order valence-electron chi connectivity index (χ3n) is 1.05. The van der Waals surface area contributed by atoms with Gasteiger partial charge in [0.25, 0.3) is 0 Å². The van der Waals surface area contributed by atoms with Gasteiger partial charge in [-0.1, -0.05) is 35.9 Å². The molecule has 0 amide bonds. The summed E-state index contributed by atoms with van der Waals surface area (Å²) in [6.45, 7) is 0.390. The first-order chi connectivity index (χ1) is 3.93. The van der Waals surface area contributed by atoms with Gasteiger partial charge in [0.05, 0.1) is 0 Å². The van der Waals surface area contributed by atoms with Gasteiger partial charge >= 0.3 is 51.4 Å². The predicted octanol–water partition coefficient (Wildman–Crippen LogP) is -0.757. The molecule has 2 heteroatoms. The summed E-state index contributed by atoms with van der Waals surface area (Å²) >= 11 is 0. The number of nitrogens with one attached hydrogen (secondary N) is 1. The van der Waals surface area contributed by atoms with E-state index in [4.69, 9.17) is 5.73 Å². The summed E-state index contributed by atoms with van der Waals surface area (Å²) in [5.74, 6) is 0. The molecule has 0 radical (unpaired) electrons. The monoisotopic (exact) mass is 145 g/mol. The molecule has 42 valence electrons. The van der Waals surface area contributed by atoms with Gasteiger partial charge in [-0.2, -0.15) is 0 Å². The SMILES string of the molecule is [K+].[NH-]Cc1ccccc1. The van der Waals surface area contributed by atoms with Gasteiger partial charge in [-0.05, 0) is 0 Å². The average molecular weight is 145 g/mol. The van der Waals surface area contributed by atoms with Crippen LogP contribution in [-0.4, -0.2) is 0 Å². The molecule has 0 unspecified atom stereocenters. The van der Waals surface area contributed by atoms with Crippen LogP contribution in [-0.2, 0) is 6.54 Å². The predicted molar refractivity (Wildman–Crippen MR) is 34.5 cm³/mol. The van der Waals surface area contributed by atoms with E-state index in [2.05, 4.69) is 0 Å². The van der Waals surface area contributed by atoms with Crippen molar-refractivity contribution in [3.63, 3.8) is 0 Å². The van der Waals surface area contributed by atoms with Crippen molar-refractivity contribution in [1.82, 2.24) is 0 Å². The summed E-state index contributed by atoms with van der Waals surface area (Å²) in [7, 11) is 0. The first-order valence-electron chi connectivity index (χ1n) is 2.62. The van der Waals surface area contributed by atoms with Crippen molar-refractivity contribution >= 4 is 0 Å². The van der Waals surface area contributed by atoms with Crippen LogP contribution < -0.4 is 51.4 Å². The molecule has 0 heterocycles. The molecule has 1 aromatic rings. The Kier molecular flexibility index (Phi) is 6.10. The molecule has 0 fully saturated rings. The second-order valence-corrected chi connectivity index (χ2v) is 1.66. The van der Waals surface area contributed by atoms with Crippen molar-refractivity contribution in [1.29, 1.82) is 0 Å². The second-order valence-electron chi connectivity index (χ2n) is 1.66. The molecule has 0 atom stereocenters. The summed E-state index contributed by atoms with van der Waals surface area (Å²) in [6, 6.07) is 9.76. The Bertz CT molecular complexity index is 150. The van der Waals surface area contributed by atoms with Crippen LogP contribution >= 0.6 is 0 Å². The van der Waals surface area contributed by atoms with Crippen LogP contribution in [0.4, 0.5) is 0 Å². The third kappa shape index (κ3) is 3.50. The molecule has 0 aliphatic carbocycles.